The van der Waals surface area contributed by atoms with Crippen molar-refractivity contribution in [3.63, 3.8) is 0 Å². The summed E-state index contributed by atoms with van der Waals surface area (Å²) in [6, 6.07) is -0.141. The van der Waals surface area contributed by atoms with Gasteiger partial charge in [-0.05, 0) is 17.8 Å². The predicted octanol–water partition coefficient (Wildman–Crippen LogP) is 0.0518. The number of aliphatic imine (C=N–C) groups is 1. The Morgan fingerprint density at radius 2 is 2.55 bits per heavy atom. The molecule has 1 N–H and O–H groups in total. The van der Waals surface area contributed by atoms with Crippen LogP contribution in [-0.2, 0) is 4.79 Å². The van der Waals surface area contributed by atoms with E-state index in [0.717, 1.165) is 5.57 Å². The van der Waals surface area contributed by atoms with Crippen LogP contribution < -0.4 is 5.32 Å². The van der Waals surface area contributed by atoms with Crippen molar-refractivity contribution in [2.24, 2.45) is 4.99 Å². The van der Waals surface area contributed by atoms with Gasteiger partial charge in [0.25, 0.3) is 0 Å². The lowest BCUT2D eigenvalue weighted by atomic mass is 9.99. The Kier molecular flexibility index (Phi) is 1.35. The van der Waals surface area contributed by atoms with Crippen molar-refractivity contribution in [1.29, 1.82) is 0 Å². The zero-order chi connectivity index (χ0) is 7.68. The summed E-state index contributed by atoms with van der Waals surface area (Å²) < 4.78 is 0. The highest BCUT2D eigenvalue weighted by Crippen LogP contribution is 2.11. The highest BCUT2D eigenvalue weighted by molar-refractivity contribution is 6.31. The van der Waals surface area contributed by atoms with Crippen molar-refractivity contribution < 1.29 is 4.79 Å². The van der Waals surface area contributed by atoms with Crippen LogP contribution in [0.4, 0.5) is 0 Å². The Hall–Kier alpha value is -1.38. The number of dihydropyridines is 1. The van der Waals surface area contributed by atoms with Crippen molar-refractivity contribution in [3.8, 4) is 0 Å². The van der Waals surface area contributed by atoms with Crippen LogP contribution in [-0.4, -0.2) is 24.6 Å². The molecule has 0 aromatic carbocycles. The molecule has 2 rings (SSSR count). The number of hydrogen-bond donors (Lipinski definition) is 1. The SMILES string of the molecule is O=C1C=NCC2=CC=CNC12. The molecule has 0 aromatic rings. The number of carbonyl (C=O) groups excluding carboxylic acids is 1. The van der Waals surface area contributed by atoms with Crippen molar-refractivity contribution in [1.82, 2.24) is 5.32 Å². The quantitative estimate of drug-likeness (QED) is 0.527. The second-order valence-corrected chi connectivity index (χ2v) is 2.57. The van der Waals surface area contributed by atoms with Gasteiger partial charge in [0.05, 0.1) is 12.8 Å². The molecule has 3 nitrogen and oxygen atoms in total. The molecule has 2 aliphatic heterocycles. The van der Waals surface area contributed by atoms with Gasteiger partial charge in [-0.1, -0.05) is 6.08 Å². The first-order valence-corrected chi connectivity index (χ1v) is 3.53. The van der Waals surface area contributed by atoms with Crippen molar-refractivity contribution in [2.45, 2.75) is 6.04 Å². The fourth-order valence-corrected chi connectivity index (χ4v) is 1.25. The lowest BCUT2D eigenvalue weighted by Gasteiger charge is -2.22. The van der Waals surface area contributed by atoms with Crippen LogP contribution in [0.25, 0.3) is 0 Å². The lowest BCUT2D eigenvalue weighted by Crippen LogP contribution is -2.40. The fraction of sp³-hybridized carbons (Fsp3) is 0.250. The van der Waals surface area contributed by atoms with Crippen LogP contribution in [0.15, 0.2) is 28.9 Å². The van der Waals surface area contributed by atoms with Crippen LogP contribution in [0.5, 0.6) is 0 Å². The second kappa shape index (κ2) is 2.34. The summed E-state index contributed by atoms with van der Waals surface area (Å²) in [7, 11) is 0. The predicted molar refractivity (Wildman–Crippen MR) is 42.5 cm³/mol. The van der Waals surface area contributed by atoms with Gasteiger partial charge in [-0.15, -0.1) is 0 Å². The average molecular weight is 148 g/mol. The first-order valence-electron chi connectivity index (χ1n) is 3.53. The standard InChI is InChI=1S/C8H8N2O/c11-7-5-9-4-6-2-1-3-10-8(6)7/h1-3,5,8,10H,4H2. The number of ketones is 1. The smallest absolute Gasteiger partial charge is 0.199 e. The monoisotopic (exact) mass is 148 g/mol. The Labute approximate surface area is 64.5 Å². The van der Waals surface area contributed by atoms with E-state index in [-0.39, 0.29) is 11.8 Å². The highest BCUT2D eigenvalue weighted by Gasteiger charge is 2.23. The van der Waals surface area contributed by atoms with Gasteiger partial charge in [0.2, 0.25) is 0 Å². The third-order valence-electron chi connectivity index (χ3n) is 1.82. The normalized spacial score (nSPS) is 27.5. The number of nitrogens with zero attached hydrogens (tertiary/aromatic N) is 1. The molecule has 0 amide bonds. The third-order valence-corrected chi connectivity index (χ3v) is 1.82. The van der Waals surface area contributed by atoms with E-state index in [0.29, 0.717) is 6.54 Å². The van der Waals surface area contributed by atoms with Gasteiger partial charge in [0.15, 0.2) is 5.78 Å². The number of hydrogen-bond acceptors (Lipinski definition) is 3. The van der Waals surface area contributed by atoms with Gasteiger partial charge in [0.1, 0.15) is 6.04 Å². The van der Waals surface area contributed by atoms with Gasteiger partial charge in [-0.25, -0.2) is 0 Å². The number of Topliss-reactive ketones (excluding diaryl/α,β-unsaturated/α-hetero) is 1. The Balaban J connectivity index is 2.34. The Morgan fingerprint density at radius 1 is 1.64 bits per heavy atom. The average Bonchev–Trinajstić information content (AvgIpc) is 2.06. The molecule has 0 radical (unpaired) electrons. The molecule has 0 bridgehead atoms. The molecule has 56 valence electrons. The topological polar surface area (TPSA) is 41.5 Å². The molecule has 11 heavy (non-hydrogen) atoms. The Bertz CT molecular complexity index is 276. The molecular formula is C8H8N2O. The van der Waals surface area contributed by atoms with Crippen molar-refractivity contribution in [2.75, 3.05) is 6.54 Å². The lowest BCUT2D eigenvalue weighted by molar-refractivity contribution is -0.113. The van der Waals surface area contributed by atoms with E-state index in [1.807, 2.05) is 12.2 Å². The first-order chi connectivity index (χ1) is 5.38. The van der Waals surface area contributed by atoms with Crippen LogP contribution in [0, 0.1) is 0 Å². The molecule has 0 aromatic heterocycles. The molecule has 0 fully saturated rings. The summed E-state index contributed by atoms with van der Waals surface area (Å²) in [4.78, 5) is 15.1. The maximum Gasteiger partial charge on any atom is 0.199 e. The summed E-state index contributed by atoms with van der Waals surface area (Å²) in [5.74, 6) is 0.0480. The summed E-state index contributed by atoms with van der Waals surface area (Å²) in [6.07, 6.45) is 7.01. The zero-order valence-electron chi connectivity index (χ0n) is 5.95. The fourth-order valence-electron chi connectivity index (χ4n) is 1.25. The molecular weight excluding hydrogens is 140 g/mol. The zero-order valence-corrected chi connectivity index (χ0v) is 5.95. The van der Waals surface area contributed by atoms with Gasteiger partial charge >= 0.3 is 0 Å². The molecule has 2 aliphatic rings. The van der Waals surface area contributed by atoms with E-state index < -0.39 is 0 Å². The number of rotatable bonds is 0. The van der Waals surface area contributed by atoms with E-state index in [4.69, 9.17) is 0 Å². The Morgan fingerprint density at radius 3 is 3.36 bits per heavy atom. The summed E-state index contributed by atoms with van der Waals surface area (Å²) in [5, 5.41) is 2.98. The minimum Gasteiger partial charge on any atom is -0.377 e. The van der Waals surface area contributed by atoms with Crippen LogP contribution >= 0.6 is 0 Å². The van der Waals surface area contributed by atoms with Crippen molar-refractivity contribution in [3.05, 3.63) is 23.9 Å². The minimum absolute atomic E-state index is 0.0480. The summed E-state index contributed by atoms with van der Waals surface area (Å²) in [6.45, 7) is 0.647. The maximum atomic E-state index is 11.1. The molecule has 0 saturated carbocycles. The van der Waals surface area contributed by atoms with Crippen molar-refractivity contribution >= 4 is 12.0 Å². The second-order valence-electron chi connectivity index (χ2n) is 2.57. The van der Waals surface area contributed by atoms with Crippen LogP contribution in [0.2, 0.25) is 0 Å². The molecule has 3 heteroatoms. The van der Waals surface area contributed by atoms with Gasteiger partial charge in [-0.3, -0.25) is 9.79 Å². The molecule has 0 saturated heterocycles. The largest absolute Gasteiger partial charge is 0.377 e. The number of carbonyl (C=O) groups is 1. The first kappa shape index (κ1) is 6.34. The molecule has 0 aliphatic carbocycles. The van der Waals surface area contributed by atoms with Crippen LogP contribution in [0.3, 0.4) is 0 Å². The highest BCUT2D eigenvalue weighted by atomic mass is 16.1. The van der Waals surface area contributed by atoms with Gasteiger partial charge in [0, 0.05) is 0 Å². The van der Waals surface area contributed by atoms with Crippen LogP contribution in [0.1, 0.15) is 0 Å². The van der Waals surface area contributed by atoms with E-state index >= 15 is 0 Å². The molecule has 2 heterocycles. The van der Waals surface area contributed by atoms with E-state index in [2.05, 4.69) is 10.3 Å². The minimum atomic E-state index is -0.141. The van der Waals surface area contributed by atoms with Gasteiger partial charge in [-0.2, -0.15) is 0 Å². The molecule has 0 spiro atoms. The molecule has 1 unspecified atom stereocenters. The maximum absolute atomic E-state index is 11.1. The summed E-state index contributed by atoms with van der Waals surface area (Å²) >= 11 is 0. The number of allylic oxidation sites excluding steroid dienone is 2. The molecule has 1 atom stereocenters. The van der Waals surface area contributed by atoms with Gasteiger partial charge < -0.3 is 5.32 Å². The number of nitrogens with one attached hydrogen (secondary N) is 1. The summed E-state index contributed by atoms with van der Waals surface area (Å²) in [5.41, 5.74) is 1.06. The number of fused-ring (bicyclic) bond motifs is 1. The van der Waals surface area contributed by atoms with E-state index in [1.165, 1.54) is 6.21 Å². The third kappa shape index (κ3) is 0.981. The van der Waals surface area contributed by atoms with E-state index in [9.17, 15) is 4.79 Å². The van der Waals surface area contributed by atoms with E-state index in [1.54, 1.807) is 6.20 Å².